The zero-order valence-corrected chi connectivity index (χ0v) is 21.6. The molecule has 10 nitrogen and oxygen atoms in total. The molecule has 0 aromatic heterocycles. The van der Waals surface area contributed by atoms with Gasteiger partial charge in [-0.15, -0.1) is 0 Å². The Kier molecular flexibility index (Phi) is 8.75. The smallest absolute Gasteiger partial charge is 0.336 e. The molecule has 4 aromatic rings. The van der Waals surface area contributed by atoms with Crippen molar-refractivity contribution in [2.24, 2.45) is 0 Å². The number of carbonyl (C=O) groups is 3. The van der Waals surface area contributed by atoms with Crippen LogP contribution in [0.4, 0.5) is 11.4 Å². The number of rotatable bonds is 11. The van der Waals surface area contributed by atoms with Gasteiger partial charge in [0.25, 0.3) is 5.91 Å². The van der Waals surface area contributed by atoms with E-state index >= 15 is 0 Å². The van der Waals surface area contributed by atoms with Crippen LogP contribution in [-0.4, -0.2) is 35.1 Å². The van der Waals surface area contributed by atoms with Crippen molar-refractivity contribution in [3.63, 3.8) is 0 Å². The Bertz CT molecular complexity index is 1520. The molecule has 204 valence electrons. The maximum absolute atomic E-state index is 13.0. The molecule has 0 fully saturated rings. The lowest BCUT2D eigenvalue weighted by atomic mass is 9.96. The van der Waals surface area contributed by atoms with E-state index in [1.165, 1.54) is 13.0 Å². The van der Waals surface area contributed by atoms with Crippen LogP contribution in [0, 0.1) is 0 Å². The van der Waals surface area contributed by atoms with Crippen molar-refractivity contribution in [2.45, 2.75) is 13.5 Å². The SMILES string of the molecule is CNc1ccc(Oc2ccc(Oc3ccc(NC(=O)c4cc(C(C)=O)c(C(=O)O)cc4COO)cc3)cc2)cc1. The van der Waals surface area contributed by atoms with Crippen LogP contribution in [0.5, 0.6) is 23.0 Å². The summed E-state index contributed by atoms with van der Waals surface area (Å²) in [5.41, 5.74) is 1.08. The zero-order chi connectivity index (χ0) is 28.6. The number of Topliss-reactive ketones (excluding diaryl/α,β-unsaturated/α-hetero) is 1. The number of benzene rings is 4. The third-order valence-electron chi connectivity index (χ3n) is 5.87. The van der Waals surface area contributed by atoms with Crippen LogP contribution in [-0.2, 0) is 11.5 Å². The van der Waals surface area contributed by atoms with Crippen molar-refractivity contribution in [1.82, 2.24) is 0 Å². The molecule has 0 spiro atoms. The summed E-state index contributed by atoms with van der Waals surface area (Å²) in [7, 11) is 1.85. The second-order valence-electron chi connectivity index (χ2n) is 8.62. The molecule has 0 atom stereocenters. The second-order valence-corrected chi connectivity index (χ2v) is 8.62. The lowest BCUT2D eigenvalue weighted by Crippen LogP contribution is -2.18. The quantitative estimate of drug-likeness (QED) is 0.0954. The van der Waals surface area contributed by atoms with Crippen molar-refractivity contribution in [2.75, 3.05) is 17.7 Å². The van der Waals surface area contributed by atoms with E-state index in [-0.39, 0.29) is 22.3 Å². The Hall–Kier alpha value is -5.19. The highest BCUT2D eigenvalue weighted by Crippen LogP contribution is 2.28. The first-order valence-electron chi connectivity index (χ1n) is 12.1. The summed E-state index contributed by atoms with van der Waals surface area (Å²) < 4.78 is 11.7. The summed E-state index contributed by atoms with van der Waals surface area (Å²) >= 11 is 0. The Morgan fingerprint density at radius 1 is 0.700 bits per heavy atom. The molecule has 0 bridgehead atoms. The third-order valence-corrected chi connectivity index (χ3v) is 5.87. The van der Waals surface area contributed by atoms with E-state index in [0.29, 0.717) is 28.7 Å². The zero-order valence-electron chi connectivity index (χ0n) is 21.6. The van der Waals surface area contributed by atoms with Gasteiger partial charge in [-0.3, -0.25) is 14.8 Å². The highest BCUT2D eigenvalue weighted by atomic mass is 17.1. The van der Waals surface area contributed by atoms with Crippen molar-refractivity contribution in [1.29, 1.82) is 0 Å². The molecule has 4 N–H and O–H groups in total. The van der Waals surface area contributed by atoms with Gasteiger partial charge in [-0.05, 0) is 97.4 Å². The number of ether oxygens (including phenoxy) is 2. The maximum Gasteiger partial charge on any atom is 0.336 e. The van der Waals surface area contributed by atoms with Gasteiger partial charge in [0.2, 0.25) is 0 Å². The molecule has 0 aliphatic heterocycles. The minimum atomic E-state index is -1.34. The van der Waals surface area contributed by atoms with E-state index in [4.69, 9.17) is 14.7 Å². The number of carboxylic acid groups (broad SMARTS) is 1. The largest absolute Gasteiger partial charge is 0.478 e. The van der Waals surface area contributed by atoms with Crippen molar-refractivity contribution < 1.29 is 39.1 Å². The third kappa shape index (κ3) is 6.81. The van der Waals surface area contributed by atoms with Gasteiger partial charge in [0.05, 0.1) is 5.56 Å². The van der Waals surface area contributed by atoms with Crippen LogP contribution < -0.4 is 20.1 Å². The summed E-state index contributed by atoms with van der Waals surface area (Å²) in [4.78, 5) is 40.7. The first kappa shape index (κ1) is 27.8. The maximum atomic E-state index is 13.0. The van der Waals surface area contributed by atoms with E-state index in [1.807, 2.05) is 31.3 Å². The van der Waals surface area contributed by atoms with E-state index in [2.05, 4.69) is 15.5 Å². The normalized spacial score (nSPS) is 10.5. The molecular weight excluding hydrogens is 516 g/mol. The van der Waals surface area contributed by atoms with Crippen LogP contribution in [0.25, 0.3) is 0 Å². The van der Waals surface area contributed by atoms with E-state index in [0.717, 1.165) is 11.8 Å². The van der Waals surface area contributed by atoms with E-state index < -0.39 is 24.3 Å². The number of amides is 1. The fourth-order valence-corrected chi connectivity index (χ4v) is 3.86. The number of carbonyl (C=O) groups excluding carboxylic acids is 2. The molecule has 0 heterocycles. The first-order valence-corrected chi connectivity index (χ1v) is 12.1. The lowest BCUT2D eigenvalue weighted by molar-refractivity contribution is -0.253. The number of nitrogens with one attached hydrogen (secondary N) is 2. The topological polar surface area (TPSA) is 143 Å². The number of aromatic carboxylic acids is 1. The van der Waals surface area contributed by atoms with Crippen molar-refractivity contribution in [3.05, 3.63) is 107 Å². The van der Waals surface area contributed by atoms with Gasteiger partial charge in [-0.1, -0.05) is 0 Å². The molecular formula is C30H26N2O8. The Morgan fingerprint density at radius 3 is 1.60 bits per heavy atom. The van der Waals surface area contributed by atoms with Gasteiger partial charge in [-0.25, -0.2) is 9.68 Å². The molecule has 0 aliphatic rings. The van der Waals surface area contributed by atoms with Gasteiger partial charge in [-0.2, -0.15) is 0 Å². The van der Waals surface area contributed by atoms with E-state index in [1.54, 1.807) is 48.5 Å². The minimum absolute atomic E-state index is 0.00939. The van der Waals surface area contributed by atoms with Crippen LogP contribution in [0.15, 0.2) is 84.9 Å². The Morgan fingerprint density at radius 2 is 1.18 bits per heavy atom. The molecule has 10 heteroatoms. The molecule has 4 rings (SSSR count). The predicted octanol–water partition coefficient (Wildman–Crippen LogP) is 6.46. The van der Waals surface area contributed by atoms with Crippen molar-refractivity contribution >= 4 is 29.0 Å². The van der Waals surface area contributed by atoms with E-state index in [9.17, 15) is 19.5 Å². The fraction of sp³-hybridized carbons (Fsp3) is 0.100. The number of ketones is 1. The highest BCUT2D eigenvalue weighted by molar-refractivity contribution is 6.10. The monoisotopic (exact) mass is 542 g/mol. The predicted molar refractivity (Wildman–Crippen MR) is 148 cm³/mol. The Balaban J connectivity index is 1.42. The van der Waals surface area contributed by atoms with Gasteiger partial charge >= 0.3 is 5.97 Å². The summed E-state index contributed by atoms with van der Waals surface area (Å²) in [5.74, 6) is -0.0152. The fourth-order valence-electron chi connectivity index (χ4n) is 3.86. The summed E-state index contributed by atoms with van der Waals surface area (Å²) in [6.07, 6.45) is 0. The van der Waals surface area contributed by atoms with Crippen molar-refractivity contribution in [3.8, 4) is 23.0 Å². The highest BCUT2D eigenvalue weighted by Gasteiger charge is 2.21. The summed E-state index contributed by atoms with van der Waals surface area (Å²) in [6, 6.07) is 23.6. The molecule has 0 saturated carbocycles. The number of carboxylic acids is 1. The standard InChI is InChI=1S/C30H26N2O8/c1-18(33)26-16-27(19(17-38-37)15-28(26)30(35)36)29(34)32-21-5-9-23(10-6-21)40-25-13-11-24(12-14-25)39-22-7-3-20(31-2)4-8-22/h3-16,31,37H,17H2,1-2H3,(H,32,34)(H,35,36). The van der Waals surface area contributed by atoms with Gasteiger partial charge < -0.3 is 25.2 Å². The average Bonchev–Trinajstić information content (AvgIpc) is 2.95. The second kappa shape index (κ2) is 12.6. The molecule has 0 aliphatic carbocycles. The lowest BCUT2D eigenvalue weighted by Gasteiger charge is -2.13. The Labute approximate surface area is 229 Å². The van der Waals surface area contributed by atoms with Crippen LogP contribution >= 0.6 is 0 Å². The number of hydrogen-bond acceptors (Lipinski definition) is 8. The van der Waals surface area contributed by atoms with Crippen LogP contribution in [0.1, 0.15) is 43.6 Å². The minimum Gasteiger partial charge on any atom is -0.478 e. The molecule has 0 saturated heterocycles. The molecule has 4 aromatic carbocycles. The molecule has 0 radical (unpaired) electrons. The van der Waals surface area contributed by atoms with Gasteiger partial charge in [0, 0.05) is 29.5 Å². The summed E-state index contributed by atoms with van der Waals surface area (Å²) in [6.45, 7) is 0.758. The number of anilines is 2. The first-order chi connectivity index (χ1) is 19.3. The van der Waals surface area contributed by atoms with Crippen LogP contribution in [0.2, 0.25) is 0 Å². The summed E-state index contributed by atoms with van der Waals surface area (Å²) in [5, 5.41) is 24.1. The average molecular weight is 543 g/mol. The number of hydrogen-bond donors (Lipinski definition) is 4. The van der Waals surface area contributed by atoms with Crippen LogP contribution in [0.3, 0.4) is 0 Å². The molecule has 0 unspecified atom stereocenters. The molecule has 1 amide bonds. The molecule has 40 heavy (non-hydrogen) atoms. The van der Waals surface area contributed by atoms with Gasteiger partial charge in [0.1, 0.15) is 29.6 Å². The van der Waals surface area contributed by atoms with Gasteiger partial charge in [0.15, 0.2) is 5.78 Å².